The van der Waals surface area contributed by atoms with Crippen LogP contribution in [0.2, 0.25) is 0 Å². The van der Waals surface area contributed by atoms with Crippen molar-refractivity contribution in [2.75, 3.05) is 0 Å². The van der Waals surface area contributed by atoms with Gasteiger partial charge in [-0.2, -0.15) is 0 Å². The van der Waals surface area contributed by atoms with Gasteiger partial charge in [-0.1, -0.05) is 23.5 Å². The highest BCUT2D eigenvalue weighted by atomic mass is 29.2. The van der Waals surface area contributed by atoms with E-state index in [2.05, 4.69) is 32.8 Å². The molecule has 1 aliphatic rings. The largest absolute Gasteiger partial charge is 0.399 e. The summed E-state index contributed by atoms with van der Waals surface area (Å²) < 4.78 is 7.79. The van der Waals surface area contributed by atoms with Crippen molar-refractivity contribution in [2.45, 2.75) is 0 Å². The lowest BCUT2D eigenvalue weighted by atomic mass is 10.7. The van der Waals surface area contributed by atoms with E-state index in [1.54, 1.807) is 0 Å². The number of aromatic amines is 1. The Labute approximate surface area is 62.4 Å². The summed E-state index contributed by atoms with van der Waals surface area (Å²) in [6.45, 7) is 0. The van der Waals surface area contributed by atoms with E-state index in [9.17, 15) is 0 Å². The summed E-state index contributed by atoms with van der Waals surface area (Å²) in [6.07, 6.45) is 6.04. The van der Waals surface area contributed by atoms with Crippen molar-refractivity contribution in [1.29, 1.82) is 0 Å². The lowest BCUT2D eigenvalue weighted by Crippen LogP contribution is -2.20. The van der Waals surface area contributed by atoms with Gasteiger partial charge in [-0.15, -0.1) is 0 Å². The van der Waals surface area contributed by atoms with E-state index in [1.165, 1.54) is 0 Å². The van der Waals surface area contributed by atoms with Crippen molar-refractivity contribution in [1.82, 2.24) is 4.64 Å². The predicted octanol–water partition coefficient (Wildman–Crippen LogP) is 0.289. The number of nitrogens with one attached hydrogen (secondary N) is 1. The van der Waals surface area contributed by atoms with E-state index in [-0.39, 0.29) is 0 Å². The zero-order chi connectivity index (χ0) is 6.81. The number of nitrogens with zero attached hydrogens (tertiary/aromatic N) is 1. The Kier molecular flexibility index (Phi) is 1.48. The molecule has 1 atom stereocenters. The Bertz CT molecular complexity index is 251. The lowest BCUT2D eigenvalue weighted by molar-refractivity contribution is 1.56. The quantitative estimate of drug-likeness (QED) is 0.578. The zero-order valence-corrected chi connectivity index (χ0v) is 7.64. The first-order chi connectivity index (χ1) is 4.97. The maximum atomic E-state index is 4.43. The van der Waals surface area contributed by atoms with Crippen molar-refractivity contribution < 1.29 is 0 Å². The van der Waals surface area contributed by atoms with Gasteiger partial charge in [-0.3, -0.25) is 0 Å². The lowest BCUT2D eigenvalue weighted by Gasteiger charge is -1.94. The molecule has 0 fully saturated rings. The minimum Gasteiger partial charge on any atom is -0.399 e. The first-order valence-electron chi connectivity index (χ1n) is 3.30. The summed E-state index contributed by atoms with van der Waals surface area (Å²) in [5.41, 5.74) is 4.57. The zero-order valence-electron chi connectivity index (χ0n) is 5.49. The SMILES string of the molecule is C1=C[SiH]([si]2ccc[nH]2)N=C1. The fourth-order valence-electron chi connectivity index (χ4n) is 1.06. The third-order valence-corrected chi connectivity index (χ3v) is 8.35. The highest BCUT2D eigenvalue weighted by molar-refractivity contribution is 7.18. The van der Waals surface area contributed by atoms with E-state index in [4.69, 9.17) is 0 Å². The van der Waals surface area contributed by atoms with Gasteiger partial charge in [0.15, 0.2) is 0 Å². The number of rotatable bonds is 1. The minimum atomic E-state index is -0.872. The summed E-state index contributed by atoms with van der Waals surface area (Å²) in [5.74, 6) is 0. The van der Waals surface area contributed by atoms with Crippen molar-refractivity contribution in [3.05, 3.63) is 29.7 Å². The van der Waals surface area contributed by atoms with Crippen molar-refractivity contribution in [3.63, 3.8) is 0 Å². The van der Waals surface area contributed by atoms with Crippen LogP contribution in [0, 0.1) is 0 Å². The smallest absolute Gasteiger partial charge is 0.218 e. The number of hydrogen-bond acceptors (Lipinski definition) is 1. The monoisotopic (exact) mass is 164 g/mol. The Balaban J connectivity index is 2.29. The van der Waals surface area contributed by atoms with Crippen LogP contribution in [0.1, 0.15) is 0 Å². The fraction of sp³-hybridized carbons (Fsp3) is 0. The number of hydrogen-bond donors (Lipinski definition) is 1. The van der Waals surface area contributed by atoms with E-state index in [1.807, 2.05) is 12.4 Å². The molecule has 0 amide bonds. The molecule has 0 radical (unpaired) electrons. The molecule has 1 aliphatic heterocycles. The van der Waals surface area contributed by atoms with Crippen LogP contribution < -0.4 is 0 Å². The Hall–Kier alpha value is -0.746. The summed E-state index contributed by atoms with van der Waals surface area (Å²) >= 11 is 0. The first kappa shape index (κ1) is 6.00. The molecule has 0 bridgehead atoms. The van der Waals surface area contributed by atoms with Gasteiger partial charge in [0.25, 0.3) is 0 Å². The number of allylic oxidation sites excluding steroid dienone is 1. The van der Waals surface area contributed by atoms with Crippen LogP contribution in [0.15, 0.2) is 34.4 Å². The molecule has 50 valence electrons. The highest BCUT2D eigenvalue weighted by Gasteiger charge is 2.11. The highest BCUT2D eigenvalue weighted by Crippen LogP contribution is 1.95. The van der Waals surface area contributed by atoms with Gasteiger partial charge < -0.3 is 9.30 Å². The average Bonchev–Trinajstić information content (AvgIpc) is 2.59. The summed E-state index contributed by atoms with van der Waals surface area (Å²) in [5, 5.41) is 0. The molecule has 0 aliphatic carbocycles. The fourth-order valence-corrected chi connectivity index (χ4v) is 6.60. The second kappa shape index (κ2) is 2.47. The second-order valence-electron chi connectivity index (χ2n) is 2.25. The summed E-state index contributed by atoms with van der Waals surface area (Å²) in [7, 11) is -1.29. The van der Waals surface area contributed by atoms with E-state index < -0.39 is 16.6 Å². The first-order valence-corrected chi connectivity index (χ1v) is 7.87. The molecule has 1 aromatic rings. The van der Waals surface area contributed by atoms with E-state index in [0.717, 1.165) is 0 Å². The second-order valence-corrected chi connectivity index (χ2v) is 9.00. The molecule has 0 saturated carbocycles. The predicted molar refractivity (Wildman–Crippen MR) is 46.9 cm³/mol. The molecule has 0 aromatic carbocycles. The normalized spacial score (nSPS) is 22.2. The molecule has 2 nitrogen and oxygen atoms in total. The third kappa shape index (κ3) is 0.953. The maximum Gasteiger partial charge on any atom is 0.218 e. The molecule has 0 spiro atoms. The van der Waals surface area contributed by atoms with Crippen LogP contribution in [-0.4, -0.2) is 27.4 Å². The van der Waals surface area contributed by atoms with Crippen LogP contribution in [0.25, 0.3) is 0 Å². The van der Waals surface area contributed by atoms with Crippen LogP contribution in [-0.2, 0) is 0 Å². The van der Waals surface area contributed by atoms with Crippen LogP contribution >= 0.6 is 0 Å². The van der Waals surface area contributed by atoms with E-state index >= 15 is 0 Å². The third-order valence-electron chi connectivity index (χ3n) is 1.57. The minimum absolute atomic E-state index is 0.422. The van der Waals surface area contributed by atoms with Crippen molar-refractivity contribution in [2.24, 2.45) is 4.66 Å². The maximum absolute atomic E-state index is 4.43. The molecule has 4 heteroatoms. The molecule has 0 saturated heterocycles. The molecular weight excluding hydrogens is 156 g/mol. The van der Waals surface area contributed by atoms with Gasteiger partial charge in [0.2, 0.25) is 8.48 Å². The van der Waals surface area contributed by atoms with Gasteiger partial charge in [0, 0.05) is 6.21 Å². The van der Waals surface area contributed by atoms with Gasteiger partial charge in [-0.25, -0.2) is 0 Å². The molecule has 1 aromatic heterocycles. The summed E-state index contributed by atoms with van der Waals surface area (Å²) in [6, 6.07) is 2.10. The van der Waals surface area contributed by atoms with Gasteiger partial charge >= 0.3 is 0 Å². The topological polar surface area (TPSA) is 28.1 Å². The number of aromatic nitrogens is 1. The van der Waals surface area contributed by atoms with Crippen LogP contribution in [0.5, 0.6) is 0 Å². The Morgan fingerprint density at radius 1 is 1.50 bits per heavy atom. The molecule has 2 heterocycles. The van der Waals surface area contributed by atoms with Gasteiger partial charge in [-0.05, 0) is 6.20 Å². The van der Waals surface area contributed by atoms with Crippen molar-refractivity contribution in [3.8, 4) is 0 Å². The molecule has 1 unspecified atom stereocenters. The Morgan fingerprint density at radius 3 is 3.10 bits per heavy atom. The molecule has 2 rings (SSSR count). The van der Waals surface area contributed by atoms with Gasteiger partial charge in [0.05, 0.1) is 0 Å². The molecular formula is C6H8N2Si2. The van der Waals surface area contributed by atoms with Crippen LogP contribution in [0.3, 0.4) is 0 Å². The Morgan fingerprint density at radius 2 is 2.50 bits per heavy atom. The van der Waals surface area contributed by atoms with Crippen molar-refractivity contribution >= 4 is 22.8 Å². The average molecular weight is 164 g/mol. The van der Waals surface area contributed by atoms with E-state index in [0.29, 0.717) is 0 Å². The molecule has 1 N–H and O–H groups in total. The number of H-pyrrole nitrogens is 1. The van der Waals surface area contributed by atoms with Gasteiger partial charge in [0.1, 0.15) is 8.08 Å². The standard InChI is InChI=1S/C6H8N2Si2/c1-3-7-9(5-1)10-6-2-4-8-10/h1-7,10H. The van der Waals surface area contributed by atoms with Crippen LogP contribution in [0.4, 0.5) is 0 Å². The summed E-state index contributed by atoms with van der Waals surface area (Å²) in [4.78, 5) is 0. The molecule has 10 heavy (non-hydrogen) atoms.